The SMILES string of the molecule is CCOc1c(CNCc2ccccc2OC)cc(Br)cc1OC.Cl. The van der Waals surface area contributed by atoms with Crippen LogP contribution in [-0.2, 0) is 13.1 Å². The Balaban J connectivity index is 0.00000288. The van der Waals surface area contributed by atoms with Gasteiger partial charge >= 0.3 is 0 Å². The molecule has 2 rings (SSSR count). The molecule has 24 heavy (non-hydrogen) atoms. The molecule has 0 aliphatic heterocycles. The van der Waals surface area contributed by atoms with Crippen molar-refractivity contribution >= 4 is 28.3 Å². The van der Waals surface area contributed by atoms with Crippen molar-refractivity contribution in [2.45, 2.75) is 20.0 Å². The number of ether oxygens (including phenoxy) is 3. The highest BCUT2D eigenvalue weighted by Crippen LogP contribution is 2.35. The first-order valence-electron chi connectivity index (χ1n) is 7.51. The van der Waals surface area contributed by atoms with Gasteiger partial charge in [0.25, 0.3) is 0 Å². The minimum absolute atomic E-state index is 0. The van der Waals surface area contributed by atoms with Crippen LogP contribution in [0.15, 0.2) is 40.9 Å². The first kappa shape index (κ1) is 20.6. The van der Waals surface area contributed by atoms with Crippen LogP contribution in [0, 0.1) is 0 Å². The topological polar surface area (TPSA) is 39.7 Å². The van der Waals surface area contributed by atoms with Crippen molar-refractivity contribution in [1.82, 2.24) is 5.32 Å². The van der Waals surface area contributed by atoms with Gasteiger partial charge in [0.05, 0.1) is 20.8 Å². The van der Waals surface area contributed by atoms with Crippen LogP contribution >= 0.6 is 28.3 Å². The van der Waals surface area contributed by atoms with Gasteiger partial charge in [0.2, 0.25) is 0 Å². The molecule has 0 bridgehead atoms. The molecule has 0 aromatic heterocycles. The molecule has 0 radical (unpaired) electrons. The molecule has 0 aliphatic carbocycles. The predicted molar refractivity (Wildman–Crippen MR) is 103 cm³/mol. The van der Waals surface area contributed by atoms with Gasteiger partial charge in [-0.25, -0.2) is 0 Å². The molecular weight excluding hydrogens is 394 g/mol. The number of halogens is 2. The summed E-state index contributed by atoms with van der Waals surface area (Å²) < 4.78 is 17.5. The van der Waals surface area contributed by atoms with E-state index in [2.05, 4.69) is 27.3 Å². The molecule has 6 heteroatoms. The molecule has 2 aromatic rings. The Morgan fingerprint density at radius 1 is 0.958 bits per heavy atom. The van der Waals surface area contributed by atoms with Crippen LogP contribution in [0.4, 0.5) is 0 Å². The fourth-order valence-corrected chi connectivity index (χ4v) is 2.88. The Hall–Kier alpha value is -1.43. The fraction of sp³-hybridized carbons (Fsp3) is 0.333. The molecule has 0 saturated carbocycles. The van der Waals surface area contributed by atoms with Crippen LogP contribution in [0.1, 0.15) is 18.1 Å². The van der Waals surface area contributed by atoms with Crippen molar-refractivity contribution in [3.63, 3.8) is 0 Å². The molecule has 1 N–H and O–H groups in total. The van der Waals surface area contributed by atoms with Gasteiger partial charge in [-0.2, -0.15) is 0 Å². The third kappa shape index (κ3) is 5.30. The van der Waals surface area contributed by atoms with E-state index >= 15 is 0 Å². The average Bonchev–Trinajstić information content (AvgIpc) is 2.57. The lowest BCUT2D eigenvalue weighted by Crippen LogP contribution is -2.14. The Morgan fingerprint density at radius 2 is 1.62 bits per heavy atom. The largest absolute Gasteiger partial charge is 0.496 e. The van der Waals surface area contributed by atoms with E-state index in [0.717, 1.165) is 32.8 Å². The van der Waals surface area contributed by atoms with Gasteiger partial charge in [-0.3, -0.25) is 0 Å². The summed E-state index contributed by atoms with van der Waals surface area (Å²) in [7, 11) is 3.33. The number of rotatable bonds is 8. The number of benzene rings is 2. The van der Waals surface area contributed by atoms with Crippen molar-refractivity contribution in [3.8, 4) is 17.2 Å². The van der Waals surface area contributed by atoms with E-state index in [9.17, 15) is 0 Å². The summed E-state index contributed by atoms with van der Waals surface area (Å²) in [5, 5.41) is 3.43. The number of methoxy groups -OCH3 is 2. The Kier molecular flexibility index (Phi) is 8.97. The molecule has 0 atom stereocenters. The van der Waals surface area contributed by atoms with Gasteiger partial charge in [-0.05, 0) is 25.1 Å². The van der Waals surface area contributed by atoms with Gasteiger partial charge in [0.15, 0.2) is 11.5 Å². The normalized spacial score (nSPS) is 10.0. The lowest BCUT2D eigenvalue weighted by molar-refractivity contribution is 0.306. The second-order valence-electron chi connectivity index (χ2n) is 4.94. The van der Waals surface area contributed by atoms with E-state index < -0.39 is 0 Å². The average molecular weight is 417 g/mol. The Labute approximate surface area is 158 Å². The highest BCUT2D eigenvalue weighted by atomic mass is 79.9. The van der Waals surface area contributed by atoms with Crippen molar-refractivity contribution < 1.29 is 14.2 Å². The van der Waals surface area contributed by atoms with Crippen LogP contribution in [0.3, 0.4) is 0 Å². The van der Waals surface area contributed by atoms with Gasteiger partial charge in [-0.15, -0.1) is 12.4 Å². The Bertz CT molecular complexity index is 652. The summed E-state index contributed by atoms with van der Waals surface area (Å²) in [6.45, 7) is 3.94. The molecule has 0 aliphatic rings. The highest BCUT2D eigenvalue weighted by Gasteiger charge is 2.12. The second-order valence-corrected chi connectivity index (χ2v) is 5.86. The molecule has 4 nitrogen and oxygen atoms in total. The zero-order valence-electron chi connectivity index (χ0n) is 14.1. The van der Waals surface area contributed by atoms with Gasteiger partial charge < -0.3 is 19.5 Å². The third-order valence-electron chi connectivity index (χ3n) is 3.43. The molecule has 0 heterocycles. The molecule has 0 amide bonds. The highest BCUT2D eigenvalue weighted by molar-refractivity contribution is 9.10. The summed E-state index contributed by atoms with van der Waals surface area (Å²) in [6.07, 6.45) is 0. The standard InChI is InChI=1S/C18H22BrNO3.ClH/c1-4-23-18-14(9-15(19)10-17(18)22-3)12-20-11-13-7-5-6-8-16(13)21-2;/h5-10,20H,4,11-12H2,1-3H3;1H. The monoisotopic (exact) mass is 415 g/mol. The van der Waals surface area contributed by atoms with Crippen molar-refractivity contribution in [1.29, 1.82) is 0 Å². The maximum absolute atomic E-state index is 5.75. The summed E-state index contributed by atoms with van der Waals surface area (Å²) >= 11 is 3.52. The van der Waals surface area contributed by atoms with Crippen molar-refractivity contribution in [2.75, 3.05) is 20.8 Å². The van der Waals surface area contributed by atoms with E-state index in [1.54, 1.807) is 14.2 Å². The quantitative estimate of drug-likeness (QED) is 0.684. The molecule has 0 saturated heterocycles. The number of nitrogens with one attached hydrogen (secondary N) is 1. The number of hydrogen-bond acceptors (Lipinski definition) is 4. The van der Waals surface area contributed by atoms with E-state index in [-0.39, 0.29) is 12.4 Å². The van der Waals surface area contributed by atoms with Crippen LogP contribution in [0.25, 0.3) is 0 Å². The second kappa shape index (κ2) is 10.4. The van der Waals surface area contributed by atoms with Crippen LogP contribution in [0.5, 0.6) is 17.2 Å². The lowest BCUT2D eigenvalue weighted by Gasteiger charge is -2.16. The van der Waals surface area contributed by atoms with Crippen LogP contribution in [0.2, 0.25) is 0 Å². The number of para-hydroxylation sites is 1. The summed E-state index contributed by atoms with van der Waals surface area (Å²) in [5.41, 5.74) is 2.17. The smallest absolute Gasteiger partial charge is 0.165 e. The first-order valence-corrected chi connectivity index (χ1v) is 8.30. The summed E-state index contributed by atoms with van der Waals surface area (Å²) in [6, 6.07) is 11.9. The first-order chi connectivity index (χ1) is 11.2. The zero-order chi connectivity index (χ0) is 16.7. The van der Waals surface area contributed by atoms with Gasteiger partial charge in [0.1, 0.15) is 5.75 Å². The zero-order valence-corrected chi connectivity index (χ0v) is 16.5. The van der Waals surface area contributed by atoms with E-state index in [1.165, 1.54) is 0 Å². The molecule has 2 aromatic carbocycles. The Morgan fingerprint density at radius 3 is 2.29 bits per heavy atom. The van der Waals surface area contributed by atoms with Crippen molar-refractivity contribution in [3.05, 3.63) is 52.0 Å². The molecule has 0 spiro atoms. The minimum Gasteiger partial charge on any atom is -0.496 e. The van der Waals surface area contributed by atoms with E-state index in [1.807, 2.05) is 37.3 Å². The van der Waals surface area contributed by atoms with Crippen LogP contribution in [-0.4, -0.2) is 20.8 Å². The predicted octanol–water partition coefficient (Wildman–Crippen LogP) is 4.58. The molecule has 0 unspecified atom stereocenters. The van der Waals surface area contributed by atoms with Crippen LogP contribution < -0.4 is 19.5 Å². The molecular formula is C18H23BrClNO3. The fourth-order valence-electron chi connectivity index (χ4n) is 2.39. The van der Waals surface area contributed by atoms with E-state index in [4.69, 9.17) is 14.2 Å². The molecule has 0 fully saturated rings. The molecule has 132 valence electrons. The lowest BCUT2D eigenvalue weighted by atomic mass is 10.1. The maximum atomic E-state index is 5.75. The number of hydrogen-bond donors (Lipinski definition) is 1. The summed E-state index contributed by atoms with van der Waals surface area (Å²) in [4.78, 5) is 0. The summed E-state index contributed by atoms with van der Waals surface area (Å²) in [5.74, 6) is 2.40. The third-order valence-corrected chi connectivity index (χ3v) is 3.89. The van der Waals surface area contributed by atoms with E-state index in [0.29, 0.717) is 19.7 Å². The van der Waals surface area contributed by atoms with Gasteiger partial charge in [-0.1, -0.05) is 34.1 Å². The van der Waals surface area contributed by atoms with Crippen molar-refractivity contribution in [2.24, 2.45) is 0 Å². The minimum atomic E-state index is 0. The maximum Gasteiger partial charge on any atom is 0.165 e. The van der Waals surface area contributed by atoms with Gasteiger partial charge in [0, 0.05) is 28.7 Å².